The molecule has 1 saturated heterocycles. The van der Waals surface area contributed by atoms with Crippen molar-refractivity contribution in [2.24, 2.45) is 16.6 Å². The second-order valence-electron chi connectivity index (χ2n) is 5.73. The van der Waals surface area contributed by atoms with E-state index in [9.17, 15) is 0 Å². The molecule has 0 amide bonds. The molecule has 5 nitrogen and oxygen atoms in total. The molecule has 118 valence electrons. The van der Waals surface area contributed by atoms with E-state index in [0.29, 0.717) is 12.0 Å². The molecule has 1 saturated carbocycles. The van der Waals surface area contributed by atoms with Crippen LogP contribution in [0.25, 0.3) is 0 Å². The molecule has 2 aliphatic rings. The van der Waals surface area contributed by atoms with Gasteiger partial charge in [-0.2, -0.15) is 0 Å². The third-order valence-corrected chi connectivity index (χ3v) is 4.35. The van der Waals surface area contributed by atoms with Crippen molar-refractivity contribution in [3.63, 3.8) is 0 Å². The first-order valence-electron chi connectivity index (χ1n) is 7.56. The van der Waals surface area contributed by atoms with E-state index in [1.807, 2.05) is 0 Å². The second-order valence-corrected chi connectivity index (χ2v) is 5.73. The molecule has 0 bridgehead atoms. The molecular formula is C14H29IN4O. The third-order valence-electron chi connectivity index (χ3n) is 4.35. The van der Waals surface area contributed by atoms with Crippen molar-refractivity contribution in [1.29, 1.82) is 0 Å². The lowest BCUT2D eigenvalue weighted by Crippen LogP contribution is -2.44. The summed E-state index contributed by atoms with van der Waals surface area (Å²) in [5, 5.41) is 3.28. The highest BCUT2D eigenvalue weighted by atomic mass is 127. The summed E-state index contributed by atoms with van der Waals surface area (Å²) in [7, 11) is 1.76. The lowest BCUT2D eigenvalue weighted by Gasteiger charge is -2.25. The summed E-state index contributed by atoms with van der Waals surface area (Å²) >= 11 is 0. The number of halogens is 1. The molecule has 1 heterocycles. The van der Waals surface area contributed by atoms with Gasteiger partial charge in [0.05, 0.1) is 6.61 Å². The highest BCUT2D eigenvalue weighted by molar-refractivity contribution is 14.0. The van der Waals surface area contributed by atoms with E-state index in [1.165, 1.54) is 38.6 Å². The van der Waals surface area contributed by atoms with Gasteiger partial charge in [-0.3, -0.25) is 9.89 Å². The van der Waals surface area contributed by atoms with Crippen LogP contribution in [0.2, 0.25) is 0 Å². The second kappa shape index (κ2) is 9.78. The number of rotatable bonds is 7. The fraction of sp³-hybridized carbons (Fsp3) is 0.929. The number of aliphatic imine (C=N–C) groups is 1. The summed E-state index contributed by atoms with van der Waals surface area (Å²) in [4.78, 5) is 6.92. The van der Waals surface area contributed by atoms with Crippen molar-refractivity contribution in [3.05, 3.63) is 0 Å². The molecule has 0 spiro atoms. The lowest BCUT2D eigenvalue weighted by molar-refractivity contribution is 0.141. The van der Waals surface area contributed by atoms with Crippen molar-refractivity contribution in [2.75, 3.05) is 39.9 Å². The normalized spacial score (nSPS) is 24.2. The molecule has 1 aliphatic carbocycles. The molecule has 20 heavy (non-hydrogen) atoms. The predicted molar refractivity (Wildman–Crippen MR) is 93.7 cm³/mol. The number of ether oxygens (including phenoxy) is 1. The van der Waals surface area contributed by atoms with Crippen molar-refractivity contribution >= 4 is 29.9 Å². The minimum Gasteiger partial charge on any atom is -0.383 e. The maximum Gasteiger partial charge on any atom is 0.188 e. The lowest BCUT2D eigenvalue weighted by atomic mass is 9.86. The maximum atomic E-state index is 5.92. The van der Waals surface area contributed by atoms with Crippen LogP contribution in [0.5, 0.6) is 0 Å². The Morgan fingerprint density at radius 1 is 1.35 bits per heavy atom. The van der Waals surface area contributed by atoms with E-state index in [0.717, 1.165) is 32.2 Å². The number of hydrogen-bond donors (Lipinski definition) is 2. The number of nitrogens with two attached hydrogens (primary N) is 1. The van der Waals surface area contributed by atoms with Gasteiger partial charge in [-0.15, -0.1) is 24.0 Å². The van der Waals surface area contributed by atoms with Crippen LogP contribution in [-0.2, 0) is 4.74 Å². The summed E-state index contributed by atoms with van der Waals surface area (Å²) < 4.78 is 5.15. The Bertz CT molecular complexity index is 297. The van der Waals surface area contributed by atoms with Gasteiger partial charge in [-0.1, -0.05) is 6.42 Å². The first-order chi connectivity index (χ1) is 9.29. The Balaban J connectivity index is 0.00000200. The molecule has 1 aliphatic heterocycles. The quantitative estimate of drug-likeness (QED) is 0.388. The van der Waals surface area contributed by atoms with E-state index in [-0.39, 0.29) is 24.0 Å². The van der Waals surface area contributed by atoms with Gasteiger partial charge in [0, 0.05) is 32.8 Å². The summed E-state index contributed by atoms with van der Waals surface area (Å²) in [6, 6.07) is 0.576. The zero-order valence-corrected chi connectivity index (χ0v) is 14.8. The highest BCUT2D eigenvalue weighted by Gasteiger charge is 2.23. The van der Waals surface area contributed by atoms with Crippen molar-refractivity contribution in [2.45, 2.75) is 38.1 Å². The number of methoxy groups -OCH3 is 1. The molecule has 3 N–H and O–H groups in total. The van der Waals surface area contributed by atoms with E-state index in [4.69, 9.17) is 10.5 Å². The molecule has 0 aromatic rings. The van der Waals surface area contributed by atoms with Gasteiger partial charge >= 0.3 is 0 Å². The van der Waals surface area contributed by atoms with Crippen LogP contribution in [-0.4, -0.2) is 56.8 Å². The monoisotopic (exact) mass is 396 g/mol. The molecule has 2 rings (SSSR count). The standard InChI is InChI=1S/C14H28N4O.HI/c1-19-9-8-18-7-3-6-13(18)11-17-14(15)16-10-12-4-2-5-12;/h12-13H,2-11H2,1H3,(H3,15,16,17);1H. The third kappa shape index (κ3) is 5.73. The van der Waals surface area contributed by atoms with Gasteiger partial charge in [0.1, 0.15) is 0 Å². The van der Waals surface area contributed by atoms with Crippen LogP contribution in [0.3, 0.4) is 0 Å². The average Bonchev–Trinajstić information content (AvgIpc) is 2.79. The van der Waals surface area contributed by atoms with E-state index in [1.54, 1.807) is 7.11 Å². The molecule has 1 unspecified atom stereocenters. The average molecular weight is 396 g/mol. The van der Waals surface area contributed by atoms with E-state index in [2.05, 4.69) is 15.2 Å². The molecular weight excluding hydrogens is 367 g/mol. The topological polar surface area (TPSA) is 62.9 Å². The van der Waals surface area contributed by atoms with Crippen LogP contribution >= 0.6 is 24.0 Å². The summed E-state index contributed by atoms with van der Waals surface area (Å²) in [6.45, 7) is 4.80. The van der Waals surface area contributed by atoms with Crippen LogP contribution < -0.4 is 11.1 Å². The van der Waals surface area contributed by atoms with Crippen molar-refractivity contribution in [1.82, 2.24) is 10.2 Å². The summed E-state index contributed by atoms with van der Waals surface area (Å²) in [5.41, 5.74) is 5.92. The Hall–Kier alpha value is -0.0800. The minimum atomic E-state index is 0. The number of likely N-dealkylation sites (tertiary alicyclic amines) is 1. The van der Waals surface area contributed by atoms with Crippen molar-refractivity contribution in [3.8, 4) is 0 Å². The number of nitrogens with zero attached hydrogens (tertiary/aromatic N) is 2. The molecule has 1 atom stereocenters. The largest absolute Gasteiger partial charge is 0.383 e. The first-order valence-corrected chi connectivity index (χ1v) is 7.56. The molecule has 0 radical (unpaired) electrons. The number of hydrogen-bond acceptors (Lipinski definition) is 3. The first kappa shape index (κ1) is 18.0. The highest BCUT2D eigenvalue weighted by Crippen LogP contribution is 2.26. The Kier molecular flexibility index (Phi) is 8.79. The van der Waals surface area contributed by atoms with Gasteiger partial charge in [0.2, 0.25) is 0 Å². The maximum absolute atomic E-state index is 5.92. The zero-order valence-electron chi connectivity index (χ0n) is 12.5. The number of nitrogens with one attached hydrogen (secondary N) is 1. The van der Waals surface area contributed by atoms with Gasteiger partial charge in [0.15, 0.2) is 5.96 Å². The molecule has 0 aromatic carbocycles. The molecule has 2 fully saturated rings. The van der Waals surface area contributed by atoms with Gasteiger partial charge in [-0.05, 0) is 38.1 Å². The van der Waals surface area contributed by atoms with E-state index >= 15 is 0 Å². The Labute approximate surface area is 139 Å². The molecule has 0 aromatic heterocycles. The summed E-state index contributed by atoms with van der Waals surface area (Å²) in [5.74, 6) is 1.40. The van der Waals surface area contributed by atoms with Crippen molar-refractivity contribution < 1.29 is 4.74 Å². The SMILES string of the molecule is COCCN1CCCC1CNC(N)=NCC1CCC1.I. The predicted octanol–water partition coefficient (Wildman–Crippen LogP) is 1.42. The molecule has 6 heteroatoms. The zero-order chi connectivity index (χ0) is 13.5. The van der Waals surface area contributed by atoms with E-state index < -0.39 is 0 Å². The minimum absolute atomic E-state index is 0. The Morgan fingerprint density at radius 2 is 2.15 bits per heavy atom. The van der Waals surface area contributed by atoms with Gasteiger partial charge in [-0.25, -0.2) is 0 Å². The van der Waals surface area contributed by atoms with Gasteiger partial charge < -0.3 is 15.8 Å². The smallest absolute Gasteiger partial charge is 0.188 e. The van der Waals surface area contributed by atoms with Crippen LogP contribution in [0.1, 0.15) is 32.1 Å². The fourth-order valence-electron chi connectivity index (χ4n) is 2.81. The summed E-state index contributed by atoms with van der Waals surface area (Å²) in [6.07, 6.45) is 6.53. The fourth-order valence-corrected chi connectivity index (χ4v) is 2.81. The number of guanidine groups is 1. The van der Waals surface area contributed by atoms with Gasteiger partial charge in [0.25, 0.3) is 0 Å². The van der Waals surface area contributed by atoms with Crippen LogP contribution in [0.15, 0.2) is 4.99 Å². The Morgan fingerprint density at radius 3 is 2.80 bits per heavy atom. The van der Waals surface area contributed by atoms with Crippen LogP contribution in [0, 0.1) is 5.92 Å². The van der Waals surface area contributed by atoms with Crippen LogP contribution in [0.4, 0.5) is 0 Å².